The number of benzene rings is 1. The molecule has 0 spiro atoms. The number of likely N-dealkylation sites (tertiary alicyclic amines) is 2. The Morgan fingerprint density at radius 2 is 2.04 bits per heavy atom. The van der Waals surface area contributed by atoms with Crippen LogP contribution in [0.15, 0.2) is 24.3 Å². The number of methoxy groups -OCH3 is 1. The minimum Gasteiger partial charge on any atom is -0.496 e. The molecule has 2 saturated heterocycles. The van der Waals surface area contributed by atoms with Crippen molar-refractivity contribution in [1.82, 2.24) is 9.80 Å². The van der Waals surface area contributed by atoms with E-state index in [1.807, 2.05) is 34.1 Å². The van der Waals surface area contributed by atoms with E-state index in [0.717, 1.165) is 43.7 Å². The largest absolute Gasteiger partial charge is 0.496 e. The van der Waals surface area contributed by atoms with Gasteiger partial charge in [-0.2, -0.15) is 0 Å². The Balaban J connectivity index is 1.98. The van der Waals surface area contributed by atoms with Gasteiger partial charge in [-0.15, -0.1) is 0 Å². The molecule has 0 bridgehead atoms. The summed E-state index contributed by atoms with van der Waals surface area (Å²) < 4.78 is 5.55. The van der Waals surface area contributed by atoms with Crippen molar-refractivity contribution in [3.63, 3.8) is 0 Å². The van der Waals surface area contributed by atoms with E-state index in [2.05, 4.69) is 6.92 Å². The summed E-state index contributed by atoms with van der Waals surface area (Å²) in [6, 6.07) is 7.57. The summed E-state index contributed by atoms with van der Waals surface area (Å²) >= 11 is 0. The second-order valence-corrected chi connectivity index (χ2v) is 6.95. The standard InChI is InChI=1S/C20H28N2O3/c1-3-4-14-22-18(23)11-10-16(20(24)21-12-7-13-21)19(22)15-8-5-6-9-17(15)25-2/h5-6,8-9,16,19H,3-4,7,10-14H2,1-2H3/t16-,19-/m1/s1. The number of nitrogens with zero attached hydrogens (tertiary/aromatic N) is 2. The van der Waals surface area contributed by atoms with E-state index in [1.165, 1.54) is 0 Å². The van der Waals surface area contributed by atoms with E-state index in [0.29, 0.717) is 19.4 Å². The van der Waals surface area contributed by atoms with Gasteiger partial charge < -0.3 is 14.5 Å². The van der Waals surface area contributed by atoms with E-state index in [-0.39, 0.29) is 23.8 Å². The molecular weight excluding hydrogens is 316 g/mol. The maximum Gasteiger partial charge on any atom is 0.228 e. The molecule has 2 aliphatic heterocycles. The molecular formula is C20H28N2O3. The number of carbonyl (C=O) groups excluding carboxylic acids is 2. The van der Waals surface area contributed by atoms with Crippen LogP contribution in [0, 0.1) is 5.92 Å². The molecule has 2 amide bonds. The topological polar surface area (TPSA) is 49.9 Å². The first-order valence-corrected chi connectivity index (χ1v) is 9.38. The number of para-hydroxylation sites is 1. The minimum atomic E-state index is -0.225. The van der Waals surface area contributed by atoms with Crippen molar-refractivity contribution in [3.05, 3.63) is 29.8 Å². The summed E-state index contributed by atoms with van der Waals surface area (Å²) in [5.74, 6) is 0.921. The van der Waals surface area contributed by atoms with Crippen LogP contribution >= 0.6 is 0 Å². The molecule has 0 saturated carbocycles. The Labute approximate surface area is 149 Å². The van der Waals surface area contributed by atoms with Crippen molar-refractivity contribution in [1.29, 1.82) is 0 Å². The van der Waals surface area contributed by atoms with Gasteiger partial charge in [0.25, 0.3) is 0 Å². The van der Waals surface area contributed by atoms with Crippen molar-refractivity contribution in [2.75, 3.05) is 26.7 Å². The maximum atomic E-state index is 13.0. The van der Waals surface area contributed by atoms with E-state index < -0.39 is 0 Å². The van der Waals surface area contributed by atoms with Crippen LogP contribution in [0.2, 0.25) is 0 Å². The molecule has 0 aliphatic carbocycles. The summed E-state index contributed by atoms with van der Waals surface area (Å²) in [5, 5.41) is 0. The molecule has 5 nitrogen and oxygen atoms in total. The monoisotopic (exact) mass is 344 g/mol. The molecule has 0 aromatic heterocycles. The molecule has 136 valence electrons. The molecule has 1 aromatic rings. The molecule has 2 aliphatic rings. The Morgan fingerprint density at radius 1 is 1.28 bits per heavy atom. The predicted octanol–water partition coefficient (Wildman–Crippen LogP) is 3.01. The lowest BCUT2D eigenvalue weighted by atomic mass is 9.82. The van der Waals surface area contributed by atoms with Crippen molar-refractivity contribution in [2.45, 2.75) is 45.1 Å². The Bertz CT molecular complexity index is 627. The van der Waals surface area contributed by atoms with Gasteiger partial charge in [-0.05, 0) is 25.3 Å². The number of hydrogen-bond acceptors (Lipinski definition) is 3. The fraction of sp³-hybridized carbons (Fsp3) is 0.600. The maximum absolute atomic E-state index is 13.0. The molecule has 2 heterocycles. The highest BCUT2D eigenvalue weighted by Gasteiger charge is 2.43. The molecule has 0 unspecified atom stereocenters. The fourth-order valence-corrected chi connectivity index (χ4v) is 3.87. The van der Waals surface area contributed by atoms with Crippen molar-refractivity contribution in [2.24, 2.45) is 5.92 Å². The van der Waals surface area contributed by atoms with Crippen molar-refractivity contribution < 1.29 is 14.3 Å². The first-order chi connectivity index (χ1) is 12.2. The Hall–Kier alpha value is -2.04. The third-order valence-electron chi connectivity index (χ3n) is 5.40. The lowest BCUT2D eigenvalue weighted by molar-refractivity contribution is -0.150. The minimum absolute atomic E-state index is 0.150. The van der Waals surface area contributed by atoms with Crippen LogP contribution in [-0.2, 0) is 9.59 Å². The van der Waals surface area contributed by atoms with Gasteiger partial charge in [-0.1, -0.05) is 31.5 Å². The molecule has 1 aromatic carbocycles. The SMILES string of the molecule is CCCCN1C(=O)CC[C@@H](C(=O)N2CCC2)[C@H]1c1ccccc1OC. The quantitative estimate of drug-likeness (QED) is 0.797. The van der Waals surface area contributed by atoms with Crippen molar-refractivity contribution in [3.8, 4) is 5.75 Å². The second kappa shape index (κ2) is 7.89. The van der Waals surface area contributed by atoms with Crippen LogP contribution in [0.1, 0.15) is 50.6 Å². The smallest absolute Gasteiger partial charge is 0.228 e. The first kappa shape index (κ1) is 17.8. The highest BCUT2D eigenvalue weighted by atomic mass is 16.5. The van der Waals surface area contributed by atoms with Gasteiger partial charge >= 0.3 is 0 Å². The van der Waals surface area contributed by atoms with Gasteiger partial charge in [-0.3, -0.25) is 9.59 Å². The highest BCUT2D eigenvalue weighted by Crippen LogP contribution is 2.41. The Morgan fingerprint density at radius 3 is 2.68 bits per heavy atom. The zero-order chi connectivity index (χ0) is 17.8. The van der Waals surface area contributed by atoms with E-state index in [1.54, 1.807) is 7.11 Å². The third kappa shape index (κ3) is 3.51. The van der Waals surface area contributed by atoms with Crippen LogP contribution in [0.25, 0.3) is 0 Å². The lowest BCUT2D eigenvalue weighted by Crippen LogP contribution is -2.52. The normalized spacial score (nSPS) is 23.4. The highest BCUT2D eigenvalue weighted by molar-refractivity contribution is 5.85. The second-order valence-electron chi connectivity index (χ2n) is 6.95. The van der Waals surface area contributed by atoms with Crippen LogP contribution in [0.3, 0.4) is 0 Å². The van der Waals surface area contributed by atoms with Gasteiger partial charge in [0, 0.05) is 31.6 Å². The van der Waals surface area contributed by atoms with Crippen LogP contribution in [0.5, 0.6) is 5.75 Å². The van der Waals surface area contributed by atoms with E-state index in [4.69, 9.17) is 4.74 Å². The third-order valence-corrected chi connectivity index (χ3v) is 5.40. The molecule has 25 heavy (non-hydrogen) atoms. The summed E-state index contributed by atoms with van der Waals surface area (Å²) in [6.07, 6.45) is 4.13. The van der Waals surface area contributed by atoms with Gasteiger partial charge in [0.1, 0.15) is 5.75 Å². The molecule has 0 radical (unpaired) electrons. The number of unbranched alkanes of at least 4 members (excludes halogenated alkanes) is 1. The van der Waals surface area contributed by atoms with Crippen LogP contribution in [-0.4, -0.2) is 48.4 Å². The number of carbonyl (C=O) groups is 2. The molecule has 2 atom stereocenters. The summed E-state index contributed by atoms with van der Waals surface area (Å²) in [4.78, 5) is 29.6. The van der Waals surface area contributed by atoms with Crippen LogP contribution < -0.4 is 4.74 Å². The summed E-state index contributed by atoms with van der Waals surface area (Å²) in [5.41, 5.74) is 0.952. The zero-order valence-corrected chi connectivity index (χ0v) is 15.2. The van der Waals surface area contributed by atoms with Crippen LogP contribution in [0.4, 0.5) is 0 Å². The van der Waals surface area contributed by atoms with Crippen molar-refractivity contribution >= 4 is 11.8 Å². The number of piperidine rings is 1. The first-order valence-electron chi connectivity index (χ1n) is 9.38. The number of rotatable bonds is 6. The molecule has 5 heteroatoms. The van der Waals surface area contributed by atoms with Gasteiger partial charge in [0.15, 0.2) is 0 Å². The Kier molecular flexibility index (Phi) is 5.61. The average molecular weight is 344 g/mol. The molecule has 2 fully saturated rings. The average Bonchev–Trinajstić information content (AvgIpc) is 2.58. The zero-order valence-electron chi connectivity index (χ0n) is 15.2. The number of hydrogen-bond donors (Lipinski definition) is 0. The summed E-state index contributed by atoms with van der Waals surface area (Å²) in [6.45, 7) is 4.50. The van der Waals surface area contributed by atoms with E-state index >= 15 is 0 Å². The van der Waals surface area contributed by atoms with E-state index in [9.17, 15) is 9.59 Å². The molecule has 3 rings (SSSR count). The lowest BCUT2D eigenvalue weighted by Gasteiger charge is -2.44. The molecule has 0 N–H and O–H groups in total. The predicted molar refractivity (Wildman–Crippen MR) is 96.3 cm³/mol. The number of amides is 2. The summed E-state index contributed by atoms with van der Waals surface area (Å²) in [7, 11) is 1.64. The number of ether oxygens (including phenoxy) is 1. The fourth-order valence-electron chi connectivity index (χ4n) is 3.87. The van der Waals surface area contributed by atoms with Gasteiger partial charge in [-0.25, -0.2) is 0 Å². The van der Waals surface area contributed by atoms with Gasteiger partial charge in [0.2, 0.25) is 11.8 Å². The van der Waals surface area contributed by atoms with Gasteiger partial charge in [0.05, 0.1) is 19.1 Å².